The Kier molecular flexibility index (Phi) is 5.19. The normalized spacial score (nSPS) is 14.8. The van der Waals surface area contributed by atoms with Crippen LogP contribution in [0.1, 0.15) is 11.1 Å². The molecule has 5 heteroatoms. The van der Waals surface area contributed by atoms with E-state index in [1.165, 1.54) is 17.7 Å². The van der Waals surface area contributed by atoms with E-state index >= 15 is 0 Å². The van der Waals surface area contributed by atoms with Crippen LogP contribution < -0.4 is 4.90 Å². The molecule has 2 aromatic carbocycles. The molecule has 0 aromatic heterocycles. The van der Waals surface area contributed by atoms with Crippen LogP contribution >= 0.6 is 15.9 Å². The highest BCUT2D eigenvalue weighted by Crippen LogP contribution is 2.28. The van der Waals surface area contributed by atoms with Crippen LogP contribution in [0.2, 0.25) is 0 Å². The van der Waals surface area contributed by atoms with Crippen LogP contribution in [0.15, 0.2) is 46.9 Å². The molecule has 24 heavy (non-hydrogen) atoms. The maximum atomic E-state index is 13.2. The highest BCUT2D eigenvalue weighted by atomic mass is 79.9. The predicted molar refractivity (Wildman–Crippen MR) is 97.8 cm³/mol. The number of piperazine rings is 1. The second kappa shape index (κ2) is 7.34. The van der Waals surface area contributed by atoms with Crippen molar-refractivity contribution in [1.82, 2.24) is 4.90 Å². The molecule has 0 saturated carbocycles. The zero-order valence-electron chi connectivity index (χ0n) is 13.6. The standard InChI is InChI=1S/C19H20BrFN2O/c1-14-5-6-18(17(20)11-14)22-7-9-23(10-8-22)19(24)13-15-3-2-4-16(21)12-15/h2-6,11-12H,7-10,13H2,1H3. The number of rotatable bonds is 3. The van der Waals surface area contributed by atoms with Crippen molar-refractivity contribution in [2.75, 3.05) is 31.1 Å². The number of halogens is 2. The molecule has 0 aliphatic carbocycles. The van der Waals surface area contributed by atoms with Crippen LogP contribution in [0.4, 0.5) is 10.1 Å². The minimum atomic E-state index is -0.297. The van der Waals surface area contributed by atoms with E-state index in [1.54, 1.807) is 12.1 Å². The SMILES string of the molecule is Cc1ccc(N2CCN(C(=O)Cc3cccc(F)c3)CC2)c(Br)c1. The molecule has 2 aromatic rings. The van der Waals surface area contributed by atoms with Gasteiger partial charge in [0.1, 0.15) is 5.82 Å². The van der Waals surface area contributed by atoms with Gasteiger partial charge in [0, 0.05) is 30.7 Å². The molecule has 0 spiro atoms. The Morgan fingerprint density at radius 3 is 2.54 bits per heavy atom. The molecule has 0 N–H and O–H groups in total. The summed E-state index contributed by atoms with van der Waals surface area (Å²) in [6.45, 7) is 5.05. The van der Waals surface area contributed by atoms with Crippen molar-refractivity contribution in [1.29, 1.82) is 0 Å². The summed E-state index contributed by atoms with van der Waals surface area (Å²) in [5.41, 5.74) is 3.11. The Balaban J connectivity index is 1.59. The number of carbonyl (C=O) groups is 1. The van der Waals surface area contributed by atoms with Gasteiger partial charge >= 0.3 is 0 Å². The van der Waals surface area contributed by atoms with Gasteiger partial charge in [0.15, 0.2) is 0 Å². The first-order valence-corrected chi connectivity index (χ1v) is 8.85. The lowest BCUT2D eigenvalue weighted by molar-refractivity contribution is -0.130. The fourth-order valence-corrected chi connectivity index (χ4v) is 3.74. The van der Waals surface area contributed by atoms with Crippen molar-refractivity contribution < 1.29 is 9.18 Å². The van der Waals surface area contributed by atoms with Crippen molar-refractivity contribution in [3.05, 3.63) is 63.9 Å². The van der Waals surface area contributed by atoms with Gasteiger partial charge in [-0.3, -0.25) is 4.79 Å². The van der Waals surface area contributed by atoms with Gasteiger partial charge in [-0.15, -0.1) is 0 Å². The summed E-state index contributed by atoms with van der Waals surface area (Å²) in [4.78, 5) is 16.6. The number of carbonyl (C=O) groups excluding carboxylic acids is 1. The molecular formula is C19H20BrFN2O. The number of hydrogen-bond acceptors (Lipinski definition) is 2. The largest absolute Gasteiger partial charge is 0.367 e. The van der Waals surface area contributed by atoms with E-state index in [4.69, 9.17) is 0 Å². The Morgan fingerprint density at radius 2 is 1.88 bits per heavy atom. The number of nitrogens with zero attached hydrogens (tertiary/aromatic N) is 2. The minimum absolute atomic E-state index is 0.0585. The average molecular weight is 391 g/mol. The Morgan fingerprint density at radius 1 is 1.12 bits per heavy atom. The van der Waals surface area contributed by atoms with Gasteiger partial charge < -0.3 is 9.80 Å². The van der Waals surface area contributed by atoms with Gasteiger partial charge in [-0.2, -0.15) is 0 Å². The van der Waals surface area contributed by atoms with Gasteiger partial charge in [0.2, 0.25) is 5.91 Å². The van der Waals surface area contributed by atoms with Crippen molar-refractivity contribution in [3.63, 3.8) is 0 Å². The molecule has 1 fully saturated rings. The van der Waals surface area contributed by atoms with Gasteiger partial charge in [-0.05, 0) is 58.2 Å². The molecule has 1 amide bonds. The molecule has 3 rings (SSSR count). The van der Waals surface area contributed by atoms with Crippen molar-refractivity contribution >= 4 is 27.5 Å². The predicted octanol–water partition coefficient (Wildman–Crippen LogP) is 3.79. The van der Waals surface area contributed by atoms with Gasteiger partial charge in [0.25, 0.3) is 0 Å². The van der Waals surface area contributed by atoms with E-state index in [0.29, 0.717) is 13.1 Å². The van der Waals surface area contributed by atoms with E-state index in [0.717, 1.165) is 28.8 Å². The van der Waals surface area contributed by atoms with Gasteiger partial charge in [-0.25, -0.2) is 4.39 Å². The number of benzene rings is 2. The summed E-state index contributed by atoms with van der Waals surface area (Å²) in [5.74, 6) is -0.238. The topological polar surface area (TPSA) is 23.6 Å². The molecule has 0 radical (unpaired) electrons. The summed E-state index contributed by atoms with van der Waals surface area (Å²) in [5, 5.41) is 0. The van der Waals surface area contributed by atoms with Gasteiger partial charge in [0.05, 0.1) is 12.1 Å². The molecule has 1 saturated heterocycles. The molecular weight excluding hydrogens is 371 g/mol. The van der Waals surface area contributed by atoms with Crippen molar-refractivity contribution in [3.8, 4) is 0 Å². The Labute approximate surface area is 150 Å². The Bertz CT molecular complexity index is 742. The third kappa shape index (κ3) is 3.96. The minimum Gasteiger partial charge on any atom is -0.367 e. The smallest absolute Gasteiger partial charge is 0.227 e. The van der Waals surface area contributed by atoms with E-state index in [1.807, 2.05) is 4.90 Å². The maximum Gasteiger partial charge on any atom is 0.227 e. The third-order valence-corrected chi connectivity index (χ3v) is 4.96. The van der Waals surface area contributed by atoms with Crippen LogP contribution in [0, 0.1) is 12.7 Å². The number of hydrogen-bond donors (Lipinski definition) is 0. The van der Waals surface area contributed by atoms with E-state index in [2.05, 4.69) is 46.0 Å². The van der Waals surface area contributed by atoms with Crippen LogP contribution in [0.25, 0.3) is 0 Å². The number of aryl methyl sites for hydroxylation is 1. The van der Waals surface area contributed by atoms with Crippen LogP contribution in [0.3, 0.4) is 0 Å². The first-order valence-electron chi connectivity index (χ1n) is 8.06. The molecule has 0 bridgehead atoms. The first kappa shape index (κ1) is 17.0. The van der Waals surface area contributed by atoms with E-state index in [-0.39, 0.29) is 18.1 Å². The highest BCUT2D eigenvalue weighted by molar-refractivity contribution is 9.10. The lowest BCUT2D eigenvalue weighted by Crippen LogP contribution is -2.49. The molecule has 1 heterocycles. The molecule has 1 aliphatic rings. The fraction of sp³-hybridized carbons (Fsp3) is 0.316. The molecule has 126 valence electrons. The highest BCUT2D eigenvalue weighted by Gasteiger charge is 2.22. The lowest BCUT2D eigenvalue weighted by atomic mass is 10.1. The van der Waals surface area contributed by atoms with Crippen LogP contribution in [0.5, 0.6) is 0 Å². The molecule has 0 unspecified atom stereocenters. The zero-order valence-corrected chi connectivity index (χ0v) is 15.2. The van der Waals surface area contributed by atoms with Crippen molar-refractivity contribution in [2.24, 2.45) is 0 Å². The summed E-state index contributed by atoms with van der Waals surface area (Å²) in [6, 6.07) is 12.6. The maximum absolute atomic E-state index is 13.2. The van der Waals surface area contributed by atoms with Crippen molar-refractivity contribution in [2.45, 2.75) is 13.3 Å². The van der Waals surface area contributed by atoms with E-state index < -0.39 is 0 Å². The zero-order chi connectivity index (χ0) is 17.1. The second-order valence-electron chi connectivity index (χ2n) is 6.13. The summed E-state index contributed by atoms with van der Waals surface area (Å²) < 4.78 is 14.3. The Hall–Kier alpha value is -1.88. The summed E-state index contributed by atoms with van der Waals surface area (Å²) in [6.07, 6.45) is 0.256. The quantitative estimate of drug-likeness (QED) is 0.795. The number of anilines is 1. The molecule has 1 aliphatic heterocycles. The lowest BCUT2D eigenvalue weighted by Gasteiger charge is -2.36. The molecule has 3 nitrogen and oxygen atoms in total. The molecule has 0 atom stereocenters. The van der Waals surface area contributed by atoms with Crippen LogP contribution in [-0.4, -0.2) is 37.0 Å². The van der Waals surface area contributed by atoms with E-state index in [9.17, 15) is 9.18 Å². The number of amides is 1. The second-order valence-corrected chi connectivity index (χ2v) is 6.98. The summed E-state index contributed by atoms with van der Waals surface area (Å²) >= 11 is 3.62. The monoisotopic (exact) mass is 390 g/mol. The van der Waals surface area contributed by atoms with Crippen LogP contribution in [-0.2, 0) is 11.2 Å². The van der Waals surface area contributed by atoms with Gasteiger partial charge in [-0.1, -0.05) is 18.2 Å². The fourth-order valence-electron chi connectivity index (χ4n) is 3.00. The third-order valence-electron chi connectivity index (χ3n) is 4.32. The first-order chi connectivity index (χ1) is 11.5. The summed E-state index contributed by atoms with van der Waals surface area (Å²) in [7, 11) is 0. The average Bonchev–Trinajstić information content (AvgIpc) is 2.55.